The zero-order chi connectivity index (χ0) is 17.6. The number of aryl methyl sites for hydroxylation is 2. The molecule has 26 heavy (non-hydrogen) atoms. The van der Waals surface area contributed by atoms with Crippen LogP contribution in [0.1, 0.15) is 17.3 Å². The van der Waals surface area contributed by atoms with E-state index in [1.807, 2.05) is 24.4 Å². The van der Waals surface area contributed by atoms with Gasteiger partial charge >= 0.3 is 0 Å². The maximum atomic E-state index is 5.44. The lowest BCUT2D eigenvalue weighted by atomic mass is 10.1. The minimum absolute atomic E-state index is 0.708. The van der Waals surface area contributed by atoms with Crippen LogP contribution in [0.4, 0.5) is 5.82 Å². The van der Waals surface area contributed by atoms with Gasteiger partial charge < -0.3 is 9.42 Å². The Bertz CT molecular complexity index is 797. The number of anilines is 1. The van der Waals surface area contributed by atoms with E-state index in [2.05, 4.69) is 55.3 Å². The fourth-order valence-electron chi connectivity index (χ4n) is 3.22. The quantitative estimate of drug-likeness (QED) is 0.682. The molecule has 0 bridgehead atoms. The Balaban J connectivity index is 1.26. The van der Waals surface area contributed by atoms with Gasteiger partial charge in [0.2, 0.25) is 5.89 Å². The Morgan fingerprint density at radius 2 is 1.69 bits per heavy atom. The number of aromatic nitrogens is 3. The molecule has 0 atom stereocenters. The molecule has 0 unspecified atom stereocenters. The van der Waals surface area contributed by atoms with Crippen LogP contribution in [-0.4, -0.2) is 46.2 Å². The minimum atomic E-state index is 0.708. The summed E-state index contributed by atoms with van der Waals surface area (Å²) in [5.41, 5.74) is 1.30. The van der Waals surface area contributed by atoms with Crippen molar-refractivity contribution in [1.29, 1.82) is 0 Å². The molecule has 1 fully saturated rings. The molecule has 3 heterocycles. The van der Waals surface area contributed by atoms with Gasteiger partial charge in [-0.05, 0) is 24.1 Å². The van der Waals surface area contributed by atoms with Gasteiger partial charge in [-0.15, -0.1) is 0 Å². The predicted octanol–water partition coefficient (Wildman–Crippen LogP) is 2.57. The number of rotatable bonds is 6. The average molecular weight is 349 g/mol. The SMILES string of the molecule is c1ccc(CCc2noc(CN3CCN(c4ccccn4)CC3)n2)cc1. The van der Waals surface area contributed by atoms with Gasteiger partial charge in [-0.2, -0.15) is 4.98 Å². The third-order valence-electron chi connectivity index (χ3n) is 4.69. The molecule has 2 aromatic heterocycles. The van der Waals surface area contributed by atoms with E-state index < -0.39 is 0 Å². The van der Waals surface area contributed by atoms with Crippen LogP contribution in [-0.2, 0) is 19.4 Å². The summed E-state index contributed by atoms with van der Waals surface area (Å²) in [7, 11) is 0. The molecule has 3 aromatic rings. The smallest absolute Gasteiger partial charge is 0.240 e. The lowest BCUT2D eigenvalue weighted by Crippen LogP contribution is -2.46. The van der Waals surface area contributed by atoms with Crippen molar-refractivity contribution in [3.63, 3.8) is 0 Å². The number of hydrogen-bond acceptors (Lipinski definition) is 6. The average Bonchev–Trinajstić information content (AvgIpc) is 3.16. The summed E-state index contributed by atoms with van der Waals surface area (Å²) >= 11 is 0. The van der Waals surface area contributed by atoms with Crippen molar-refractivity contribution in [2.45, 2.75) is 19.4 Å². The molecular formula is C20H23N5O. The lowest BCUT2D eigenvalue weighted by Gasteiger charge is -2.34. The summed E-state index contributed by atoms with van der Waals surface area (Å²) < 4.78 is 5.44. The highest BCUT2D eigenvalue weighted by Crippen LogP contribution is 2.14. The molecule has 134 valence electrons. The third-order valence-corrected chi connectivity index (χ3v) is 4.69. The van der Waals surface area contributed by atoms with E-state index in [1.54, 1.807) is 0 Å². The monoisotopic (exact) mass is 349 g/mol. The van der Waals surface area contributed by atoms with Crippen molar-refractivity contribution in [1.82, 2.24) is 20.0 Å². The topological polar surface area (TPSA) is 58.3 Å². The number of piperazine rings is 1. The van der Waals surface area contributed by atoms with Gasteiger partial charge in [0, 0.05) is 38.8 Å². The van der Waals surface area contributed by atoms with Gasteiger partial charge in [0.15, 0.2) is 5.82 Å². The molecule has 6 heteroatoms. The van der Waals surface area contributed by atoms with E-state index in [4.69, 9.17) is 4.52 Å². The second-order valence-electron chi connectivity index (χ2n) is 6.54. The van der Waals surface area contributed by atoms with Crippen molar-refractivity contribution in [2.75, 3.05) is 31.1 Å². The second kappa shape index (κ2) is 8.10. The Morgan fingerprint density at radius 1 is 0.885 bits per heavy atom. The minimum Gasteiger partial charge on any atom is -0.354 e. The van der Waals surface area contributed by atoms with E-state index in [1.165, 1.54) is 5.56 Å². The first-order valence-corrected chi connectivity index (χ1v) is 9.10. The number of hydrogen-bond donors (Lipinski definition) is 0. The molecule has 1 saturated heterocycles. The summed E-state index contributed by atoms with van der Waals surface area (Å²) in [6.45, 7) is 4.59. The van der Waals surface area contributed by atoms with Crippen LogP contribution in [0.25, 0.3) is 0 Å². The van der Waals surface area contributed by atoms with Crippen LogP contribution >= 0.6 is 0 Å². The molecule has 0 aliphatic carbocycles. The maximum Gasteiger partial charge on any atom is 0.240 e. The highest BCUT2D eigenvalue weighted by atomic mass is 16.5. The Labute approximate surface area is 153 Å². The number of benzene rings is 1. The summed E-state index contributed by atoms with van der Waals surface area (Å²) in [5.74, 6) is 2.54. The molecule has 0 spiro atoms. The Kier molecular flexibility index (Phi) is 5.21. The summed E-state index contributed by atoms with van der Waals surface area (Å²) in [6, 6.07) is 16.4. The zero-order valence-electron chi connectivity index (χ0n) is 14.8. The van der Waals surface area contributed by atoms with Crippen LogP contribution in [0.3, 0.4) is 0 Å². The van der Waals surface area contributed by atoms with Crippen LogP contribution in [0.15, 0.2) is 59.3 Å². The van der Waals surface area contributed by atoms with E-state index in [0.717, 1.165) is 50.7 Å². The van der Waals surface area contributed by atoms with Crippen LogP contribution in [0.2, 0.25) is 0 Å². The van der Waals surface area contributed by atoms with E-state index >= 15 is 0 Å². The molecule has 0 N–H and O–H groups in total. The van der Waals surface area contributed by atoms with Crippen molar-refractivity contribution in [3.05, 3.63) is 72.0 Å². The maximum absolute atomic E-state index is 5.44. The predicted molar refractivity (Wildman–Crippen MR) is 99.9 cm³/mol. The number of pyridine rings is 1. The normalized spacial score (nSPS) is 15.3. The Morgan fingerprint density at radius 3 is 2.46 bits per heavy atom. The molecule has 0 saturated carbocycles. The summed E-state index contributed by atoms with van der Waals surface area (Å²) in [4.78, 5) is 13.6. The third kappa shape index (κ3) is 4.26. The fourth-order valence-corrected chi connectivity index (χ4v) is 3.22. The molecule has 6 nitrogen and oxygen atoms in total. The highest BCUT2D eigenvalue weighted by Gasteiger charge is 2.19. The van der Waals surface area contributed by atoms with Crippen molar-refractivity contribution >= 4 is 5.82 Å². The molecule has 1 aliphatic rings. The standard InChI is InChI=1S/C20H23N5O/c1-2-6-17(7-3-1)9-10-18-22-20(26-23-18)16-24-12-14-25(15-13-24)19-8-4-5-11-21-19/h1-8,11H,9-10,12-16H2. The van der Waals surface area contributed by atoms with E-state index in [-0.39, 0.29) is 0 Å². The lowest BCUT2D eigenvalue weighted by molar-refractivity contribution is 0.215. The van der Waals surface area contributed by atoms with Gasteiger partial charge in [-0.3, -0.25) is 4.90 Å². The van der Waals surface area contributed by atoms with Gasteiger partial charge in [-0.1, -0.05) is 41.6 Å². The first kappa shape index (κ1) is 16.7. The second-order valence-corrected chi connectivity index (χ2v) is 6.54. The fraction of sp³-hybridized carbons (Fsp3) is 0.350. The van der Waals surface area contributed by atoms with Crippen molar-refractivity contribution in [3.8, 4) is 0 Å². The number of nitrogens with zero attached hydrogens (tertiary/aromatic N) is 5. The largest absolute Gasteiger partial charge is 0.354 e. The van der Waals surface area contributed by atoms with Crippen LogP contribution in [0.5, 0.6) is 0 Å². The molecular weight excluding hydrogens is 326 g/mol. The molecule has 0 radical (unpaired) electrons. The summed E-state index contributed by atoms with van der Waals surface area (Å²) in [6.07, 6.45) is 3.58. The summed E-state index contributed by atoms with van der Waals surface area (Å²) in [5, 5.41) is 4.13. The molecule has 0 amide bonds. The van der Waals surface area contributed by atoms with Gasteiger partial charge in [-0.25, -0.2) is 4.98 Å². The molecule has 4 rings (SSSR count). The van der Waals surface area contributed by atoms with Crippen molar-refractivity contribution in [2.24, 2.45) is 0 Å². The first-order valence-electron chi connectivity index (χ1n) is 9.10. The van der Waals surface area contributed by atoms with Gasteiger partial charge in [0.25, 0.3) is 0 Å². The van der Waals surface area contributed by atoms with Crippen LogP contribution in [0, 0.1) is 0 Å². The molecule has 1 aliphatic heterocycles. The Hall–Kier alpha value is -2.73. The van der Waals surface area contributed by atoms with Gasteiger partial charge in [0.1, 0.15) is 5.82 Å². The molecule has 1 aromatic carbocycles. The van der Waals surface area contributed by atoms with Gasteiger partial charge in [0.05, 0.1) is 6.54 Å². The van der Waals surface area contributed by atoms with E-state index in [9.17, 15) is 0 Å². The van der Waals surface area contributed by atoms with Crippen molar-refractivity contribution < 1.29 is 4.52 Å². The van der Waals surface area contributed by atoms with Crippen LogP contribution < -0.4 is 4.90 Å². The zero-order valence-corrected chi connectivity index (χ0v) is 14.8. The highest BCUT2D eigenvalue weighted by molar-refractivity contribution is 5.38. The van der Waals surface area contributed by atoms with E-state index in [0.29, 0.717) is 12.4 Å². The first-order chi connectivity index (χ1) is 12.9.